The van der Waals surface area contributed by atoms with Gasteiger partial charge >= 0.3 is 11.9 Å². The monoisotopic (exact) mass is 534 g/mol. The number of thiazole rings is 1. The van der Waals surface area contributed by atoms with Crippen molar-refractivity contribution in [1.82, 2.24) is 4.57 Å². The van der Waals surface area contributed by atoms with Crippen LogP contribution < -0.4 is 9.54 Å². The summed E-state index contributed by atoms with van der Waals surface area (Å²) in [4.78, 5) is 41.1. The SMILES string of the molecule is CCOC(=O)c1ccc2c(c1)sc(=NC(=O)CCCS(=O)(=O)c1ccc(OC)cc1)n2CC(=O)OC. The first-order valence-electron chi connectivity index (χ1n) is 11.0. The largest absolute Gasteiger partial charge is 0.497 e. The van der Waals surface area contributed by atoms with Crippen LogP contribution in [0.15, 0.2) is 52.4 Å². The summed E-state index contributed by atoms with van der Waals surface area (Å²) in [5.41, 5.74) is 0.921. The molecule has 0 aliphatic heterocycles. The zero-order chi connectivity index (χ0) is 26.3. The molecule has 10 nitrogen and oxygen atoms in total. The van der Waals surface area contributed by atoms with Gasteiger partial charge in [-0.1, -0.05) is 11.3 Å². The zero-order valence-corrected chi connectivity index (χ0v) is 21.7. The van der Waals surface area contributed by atoms with Gasteiger partial charge < -0.3 is 18.8 Å². The lowest BCUT2D eigenvalue weighted by Gasteiger charge is -2.05. The fraction of sp³-hybridized carbons (Fsp3) is 0.333. The van der Waals surface area contributed by atoms with Crippen LogP contribution in [0, 0.1) is 0 Å². The lowest BCUT2D eigenvalue weighted by Crippen LogP contribution is -2.22. The highest BCUT2D eigenvalue weighted by molar-refractivity contribution is 7.91. The van der Waals surface area contributed by atoms with E-state index in [1.54, 1.807) is 37.3 Å². The fourth-order valence-electron chi connectivity index (χ4n) is 3.32. The molecule has 192 valence electrons. The number of rotatable bonds is 10. The van der Waals surface area contributed by atoms with Crippen LogP contribution in [-0.4, -0.2) is 57.4 Å². The third-order valence-electron chi connectivity index (χ3n) is 5.15. The summed E-state index contributed by atoms with van der Waals surface area (Å²) >= 11 is 1.12. The molecule has 12 heteroatoms. The second-order valence-corrected chi connectivity index (χ2v) is 10.7. The van der Waals surface area contributed by atoms with E-state index >= 15 is 0 Å². The molecule has 1 heterocycles. The Morgan fingerprint density at radius 3 is 2.42 bits per heavy atom. The van der Waals surface area contributed by atoms with Gasteiger partial charge in [-0.2, -0.15) is 4.99 Å². The molecule has 0 N–H and O–H groups in total. The maximum atomic E-state index is 12.6. The Morgan fingerprint density at radius 2 is 1.78 bits per heavy atom. The molecule has 3 aromatic rings. The van der Waals surface area contributed by atoms with E-state index in [4.69, 9.17) is 14.2 Å². The van der Waals surface area contributed by atoms with Crippen LogP contribution >= 0.6 is 11.3 Å². The van der Waals surface area contributed by atoms with Crippen LogP contribution in [0.5, 0.6) is 5.75 Å². The van der Waals surface area contributed by atoms with Gasteiger partial charge in [0.15, 0.2) is 14.6 Å². The van der Waals surface area contributed by atoms with Crippen molar-refractivity contribution in [3.8, 4) is 5.75 Å². The first kappa shape index (κ1) is 27.1. The van der Waals surface area contributed by atoms with Crippen molar-refractivity contribution < 1.29 is 37.0 Å². The molecule has 0 unspecified atom stereocenters. The molecule has 0 radical (unpaired) electrons. The fourth-order valence-corrected chi connectivity index (χ4v) is 5.72. The lowest BCUT2D eigenvalue weighted by atomic mass is 10.2. The second kappa shape index (κ2) is 12.0. The van der Waals surface area contributed by atoms with Gasteiger partial charge in [0.05, 0.1) is 47.3 Å². The quantitative estimate of drug-likeness (QED) is 0.363. The van der Waals surface area contributed by atoms with Crippen LogP contribution in [0.25, 0.3) is 10.2 Å². The van der Waals surface area contributed by atoms with E-state index in [2.05, 4.69) is 4.99 Å². The van der Waals surface area contributed by atoms with Crippen molar-refractivity contribution >= 4 is 49.2 Å². The predicted molar refractivity (Wildman–Crippen MR) is 133 cm³/mol. The molecule has 36 heavy (non-hydrogen) atoms. The number of methoxy groups -OCH3 is 2. The Kier molecular flexibility index (Phi) is 8.99. The maximum absolute atomic E-state index is 12.6. The third kappa shape index (κ3) is 6.58. The minimum absolute atomic E-state index is 0.0750. The van der Waals surface area contributed by atoms with Gasteiger partial charge in [-0.15, -0.1) is 0 Å². The average Bonchev–Trinajstić information content (AvgIpc) is 3.19. The minimum Gasteiger partial charge on any atom is -0.497 e. The summed E-state index contributed by atoms with van der Waals surface area (Å²) in [6, 6.07) is 10.8. The number of ether oxygens (including phenoxy) is 3. The van der Waals surface area contributed by atoms with Crippen molar-refractivity contribution in [3.63, 3.8) is 0 Å². The highest BCUT2D eigenvalue weighted by Crippen LogP contribution is 2.21. The number of carbonyl (C=O) groups excluding carboxylic acids is 3. The topological polar surface area (TPSA) is 130 Å². The number of aromatic nitrogens is 1. The van der Waals surface area contributed by atoms with Gasteiger partial charge in [0.1, 0.15) is 12.3 Å². The van der Waals surface area contributed by atoms with Crippen molar-refractivity contribution in [2.45, 2.75) is 31.2 Å². The molecular formula is C24H26N2O8S2. The lowest BCUT2D eigenvalue weighted by molar-refractivity contribution is -0.141. The van der Waals surface area contributed by atoms with Gasteiger partial charge in [-0.05, 0) is 55.8 Å². The molecule has 0 aliphatic carbocycles. The second-order valence-electron chi connectivity index (χ2n) is 7.55. The number of amides is 1. The minimum atomic E-state index is -3.58. The zero-order valence-electron chi connectivity index (χ0n) is 20.1. The molecule has 1 aromatic heterocycles. The Labute approximate surface area is 212 Å². The van der Waals surface area contributed by atoms with Crippen LogP contribution in [0.2, 0.25) is 0 Å². The van der Waals surface area contributed by atoms with Crippen molar-refractivity contribution in [1.29, 1.82) is 0 Å². The van der Waals surface area contributed by atoms with E-state index in [0.717, 1.165) is 11.3 Å². The molecule has 0 bridgehead atoms. The molecule has 0 saturated heterocycles. The van der Waals surface area contributed by atoms with Gasteiger partial charge in [0.2, 0.25) is 5.91 Å². The predicted octanol–water partition coefficient (Wildman–Crippen LogP) is 2.74. The van der Waals surface area contributed by atoms with Crippen molar-refractivity contribution in [2.24, 2.45) is 4.99 Å². The van der Waals surface area contributed by atoms with Crippen LogP contribution in [0.1, 0.15) is 30.1 Å². The van der Waals surface area contributed by atoms with E-state index < -0.39 is 27.7 Å². The standard InChI is InChI=1S/C24H26N2O8S2/c1-4-34-23(29)16-7-12-19-20(14-16)35-24(26(19)15-22(28)33-3)25-21(27)6-5-13-36(30,31)18-10-8-17(32-2)9-11-18/h7-12,14H,4-6,13,15H2,1-3H3. The summed E-state index contributed by atoms with van der Waals surface area (Å²) in [5, 5.41) is 0. The van der Waals surface area contributed by atoms with E-state index in [1.165, 1.54) is 30.9 Å². The van der Waals surface area contributed by atoms with Gasteiger partial charge in [-0.25, -0.2) is 13.2 Å². The maximum Gasteiger partial charge on any atom is 0.338 e. The van der Waals surface area contributed by atoms with E-state index in [-0.39, 0.29) is 41.4 Å². The Morgan fingerprint density at radius 1 is 1.06 bits per heavy atom. The van der Waals surface area contributed by atoms with Crippen LogP contribution in [0.3, 0.4) is 0 Å². The molecule has 0 aliphatic rings. The normalized spacial score (nSPS) is 11.9. The Balaban J connectivity index is 1.81. The summed E-state index contributed by atoms with van der Waals surface area (Å²) < 4.78 is 42.1. The van der Waals surface area contributed by atoms with E-state index in [9.17, 15) is 22.8 Å². The number of benzene rings is 2. The highest BCUT2D eigenvalue weighted by Gasteiger charge is 2.17. The number of sulfone groups is 1. The van der Waals surface area contributed by atoms with Crippen LogP contribution in [0.4, 0.5) is 0 Å². The number of hydrogen-bond donors (Lipinski definition) is 0. The highest BCUT2D eigenvalue weighted by atomic mass is 32.2. The van der Waals surface area contributed by atoms with E-state index in [0.29, 0.717) is 21.5 Å². The number of carbonyl (C=O) groups is 3. The molecule has 0 saturated carbocycles. The van der Waals surface area contributed by atoms with Crippen molar-refractivity contribution in [3.05, 3.63) is 52.8 Å². The summed E-state index contributed by atoms with van der Waals surface area (Å²) in [6.45, 7) is 1.75. The van der Waals surface area contributed by atoms with Crippen LogP contribution in [-0.2, 0) is 35.4 Å². The Bertz CT molecular complexity index is 1440. The number of nitrogens with zero attached hydrogens (tertiary/aromatic N) is 2. The summed E-state index contributed by atoms with van der Waals surface area (Å²) in [5.74, 6) is -1.24. The molecule has 2 aromatic carbocycles. The molecular weight excluding hydrogens is 508 g/mol. The number of fused-ring (bicyclic) bond motifs is 1. The molecule has 0 atom stereocenters. The van der Waals surface area contributed by atoms with Crippen molar-refractivity contribution in [2.75, 3.05) is 26.6 Å². The number of hydrogen-bond acceptors (Lipinski definition) is 9. The van der Waals surface area contributed by atoms with Gasteiger partial charge in [0.25, 0.3) is 0 Å². The third-order valence-corrected chi connectivity index (χ3v) is 8.01. The first-order chi connectivity index (χ1) is 17.2. The molecule has 0 spiro atoms. The molecule has 1 amide bonds. The molecule has 3 rings (SSSR count). The van der Waals surface area contributed by atoms with E-state index in [1.807, 2.05) is 0 Å². The smallest absolute Gasteiger partial charge is 0.338 e. The summed E-state index contributed by atoms with van der Waals surface area (Å²) in [6.07, 6.45) is -0.0263. The molecule has 0 fully saturated rings. The van der Waals surface area contributed by atoms with Gasteiger partial charge in [0, 0.05) is 6.42 Å². The first-order valence-corrected chi connectivity index (χ1v) is 13.5. The van der Waals surface area contributed by atoms with Gasteiger partial charge in [-0.3, -0.25) is 9.59 Å². The average molecular weight is 535 g/mol. The summed E-state index contributed by atoms with van der Waals surface area (Å²) in [7, 11) is -0.836. The number of esters is 2. The Hall–Kier alpha value is -3.51.